The Hall–Kier alpha value is -1.53. The molecule has 0 bridgehead atoms. The highest BCUT2D eigenvalue weighted by Crippen LogP contribution is 2.37. The number of rotatable bonds is 1. The van der Waals surface area contributed by atoms with Crippen LogP contribution in [0.15, 0.2) is 24.4 Å². The largest absolute Gasteiger partial charge is 0.495 e. The lowest BCUT2D eigenvalue weighted by molar-refractivity contribution is 0.00578. The van der Waals surface area contributed by atoms with Crippen molar-refractivity contribution in [2.75, 3.05) is 0 Å². The fourth-order valence-corrected chi connectivity index (χ4v) is 2.40. The number of hydrogen-bond acceptors (Lipinski definition) is 3. The van der Waals surface area contributed by atoms with Crippen molar-refractivity contribution in [2.24, 2.45) is 0 Å². The van der Waals surface area contributed by atoms with Gasteiger partial charge in [0.15, 0.2) is 0 Å². The van der Waals surface area contributed by atoms with Crippen LogP contribution in [0.3, 0.4) is 0 Å². The first-order valence-corrected chi connectivity index (χ1v) is 6.80. The van der Waals surface area contributed by atoms with Crippen LogP contribution in [0, 0.1) is 11.6 Å². The number of fused-ring (bicyclic) bond motifs is 1. The van der Waals surface area contributed by atoms with Crippen molar-refractivity contribution < 1.29 is 18.1 Å². The highest BCUT2D eigenvalue weighted by molar-refractivity contribution is 6.65. The zero-order valence-electron chi connectivity index (χ0n) is 12.4. The van der Waals surface area contributed by atoms with Crippen LogP contribution in [0.25, 0.3) is 10.9 Å². The van der Waals surface area contributed by atoms with E-state index in [9.17, 15) is 8.78 Å². The first-order chi connectivity index (χ1) is 9.71. The van der Waals surface area contributed by atoms with Crippen molar-refractivity contribution in [1.29, 1.82) is 0 Å². The van der Waals surface area contributed by atoms with Crippen molar-refractivity contribution in [3.8, 4) is 0 Å². The van der Waals surface area contributed by atoms with Gasteiger partial charge in [-0.3, -0.25) is 4.98 Å². The predicted molar refractivity (Wildman–Crippen MR) is 77.4 cm³/mol. The maximum atomic E-state index is 14.2. The molecule has 1 saturated heterocycles. The molecule has 6 heteroatoms. The monoisotopic (exact) mass is 291 g/mol. The summed E-state index contributed by atoms with van der Waals surface area (Å²) in [6.07, 6.45) is 1.50. The van der Waals surface area contributed by atoms with Crippen LogP contribution in [0.4, 0.5) is 8.78 Å². The Balaban J connectivity index is 2.15. The highest BCUT2D eigenvalue weighted by Gasteiger charge is 2.52. The first kappa shape index (κ1) is 14.4. The minimum atomic E-state index is -0.708. The second kappa shape index (κ2) is 4.48. The average molecular weight is 291 g/mol. The van der Waals surface area contributed by atoms with E-state index in [0.29, 0.717) is 5.46 Å². The second-order valence-electron chi connectivity index (χ2n) is 6.27. The summed E-state index contributed by atoms with van der Waals surface area (Å²) in [6.45, 7) is 7.69. The van der Waals surface area contributed by atoms with E-state index in [1.807, 2.05) is 27.7 Å². The van der Waals surface area contributed by atoms with Crippen molar-refractivity contribution in [2.45, 2.75) is 38.9 Å². The molecule has 1 aromatic heterocycles. The topological polar surface area (TPSA) is 31.4 Å². The van der Waals surface area contributed by atoms with Gasteiger partial charge in [0.1, 0.15) is 11.6 Å². The molecule has 0 spiro atoms. The van der Waals surface area contributed by atoms with E-state index >= 15 is 0 Å². The normalized spacial score (nSPS) is 20.2. The van der Waals surface area contributed by atoms with Gasteiger partial charge in [0.2, 0.25) is 0 Å². The van der Waals surface area contributed by atoms with Crippen LogP contribution in [-0.2, 0) is 9.31 Å². The van der Waals surface area contributed by atoms with Crippen molar-refractivity contribution in [3.63, 3.8) is 0 Å². The molecule has 2 heterocycles. The predicted octanol–water partition coefficient (Wildman–Crippen LogP) is 2.81. The van der Waals surface area contributed by atoms with E-state index in [0.717, 1.165) is 6.07 Å². The molecule has 0 saturated carbocycles. The summed E-state index contributed by atoms with van der Waals surface area (Å²) in [6, 6.07) is 3.69. The zero-order valence-corrected chi connectivity index (χ0v) is 12.4. The van der Waals surface area contributed by atoms with E-state index in [4.69, 9.17) is 9.31 Å². The molecule has 1 aliphatic rings. The Bertz CT molecular complexity index is 702. The van der Waals surface area contributed by atoms with Gasteiger partial charge in [0, 0.05) is 23.7 Å². The molecule has 0 unspecified atom stereocenters. The number of halogens is 2. The molecular formula is C15H16BF2NO2. The molecular weight excluding hydrogens is 275 g/mol. The molecule has 3 rings (SSSR count). The van der Waals surface area contributed by atoms with Crippen molar-refractivity contribution in [3.05, 3.63) is 36.0 Å². The number of aromatic nitrogens is 1. The van der Waals surface area contributed by atoms with Gasteiger partial charge >= 0.3 is 7.12 Å². The van der Waals surface area contributed by atoms with Crippen molar-refractivity contribution >= 4 is 23.5 Å². The summed E-state index contributed by atoms with van der Waals surface area (Å²) in [5.41, 5.74) is -0.274. The summed E-state index contributed by atoms with van der Waals surface area (Å²) >= 11 is 0. The second-order valence-corrected chi connectivity index (χ2v) is 6.27. The van der Waals surface area contributed by atoms with E-state index < -0.39 is 30.0 Å². The third kappa shape index (κ3) is 2.22. The van der Waals surface area contributed by atoms with E-state index in [-0.39, 0.29) is 10.9 Å². The van der Waals surface area contributed by atoms with Crippen LogP contribution in [0.5, 0.6) is 0 Å². The van der Waals surface area contributed by atoms with E-state index in [1.165, 1.54) is 12.3 Å². The Labute approximate surface area is 122 Å². The molecule has 0 amide bonds. The minimum absolute atomic E-state index is 0.234. The van der Waals surface area contributed by atoms with Gasteiger partial charge < -0.3 is 9.31 Å². The lowest BCUT2D eigenvalue weighted by Gasteiger charge is -2.32. The maximum Gasteiger partial charge on any atom is 0.495 e. The Kier molecular flexibility index (Phi) is 3.08. The third-order valence-corrected chi connectivity index (χ3v) is 4.30. The van der Waals surface area contributed by atoms with Gasteiger partial charge in [0.05, 0.1) is 16.7 Å². The van der Waals surface area contributed by atoms with Crippen LogP contribution in [0.2, 0.25) is 0 Å². The first-order valence-electron chi connectivity index (χ1n) is 6.80. The molecule has 0 atom stereocenters. The molecule has 0 radical (unpaired) electrons. The third-order valence-electron chi connectivity index (χ3n) is 4.30. The quantitative estimate of drug-likeness (QED) is 0.757. The standard InChI is InChI=1S/C15H16BF2NO2/c1-14(2)15(3,4)21-16(20-14)10-5-6-19-12-8-9(17)7-11(18)13(10)12/h5-8H,1-4H3. The van der Waals surface area contributed by atoms with Gasteiger partial charge in [-0.15, -0.1) is 0 Å². The Morgan fingerprint density at radius 2 is 1.67 bits per heavy atom. The smallest absolute Gasteiger partial charge is 0.399 e. The lowest BCUT2D eigenvalue weighted by atomic mass is 9.77. The average Bonchev–Trinajstić information content (AvgIpc) is 2.57. The summed E-state index contributed by atoms with van der Waals surface area (Å²) in [7, 11) is -0.708. The lowest BCUT2D eigenvalue weighted by Crippen LogP contribution is -2.41. The van der Waals surface area contributed by atoms with Gasteiger partial charge in [-0.1, -0.05) is 0 Å². The van der Waals surface area contributed by atoms with Crippen molar-refractivity contribution in [1.82, 2.24) is 4.98 Å². The Morgan fingerprint density at radius 3 is 2.29 bits per heavy atom. The van der Waals surface area contributed by atoms with Crippen LogP contribution >= 0.6 is 0 Å². The van der Waals surface area contributed by atoms with Gasteiger partial charge in [0.25, 0.3) is 0 Å². The molecule has 21 heavy (non-hydrogen) atoms. The Morgan fingerprint density at radius 1 is 1.05 bits per heavy atom. The summed E-state index contributed by atoms with van der Waals surface area (Å²) in [5, 5.41) is 0.234. The number of hydrogen-bond donors (Lipinski definition) is 0. The molecule has 0 N–H and O–H groups in total. The molecule has 1 aliphatic heterocycles. The molecule has 110 valence electrons. The number of nitrogens with zero attached hydrogens (tertiary/aromatic N) is 1. The van der Waals surface area contributed by atoms with Crippen LogP contribution in [0.1, 0.15) is 27.7 Å². The SMILES string of the molecule is CC1(C)OB(c2ccnc3cc(F)cc(F)c23)OC1(C)C. The molecule has 1 aromatic carbocycles. The van der Waals surface area contributed by atoms with Crippen LogP contribution in [-0.4, -0.2) is 23.3 Å². The fourth-order valence-electron chi connectivity index (χ4n) is 2.40. The zero-order chi connectivity index (χ0) is 15.4. The molecule has 2 aromatic rings. The molecule has 3 nitrogen and oxygen atoms in total. The van der Waals surface area contributed by atoms with Crippen LogP contribution < -0.4 is 5.46 Å². The summed E-state index contributed by atoms with van der Waals surface area (Å²) in [5.74, 6) is -1.32. The highest BCUT2D eigenvalue weighted by atomic mass is 19.1. The van der Waals surface area contributed by atoms with Gasteiger partial charge in [-0.25, -0.2) is 8.78 Å². The van der Waals surface area contributed by atoms with Gasteiger partial charge in [-0.2, -0.15) is 0 Å². The maximum absolute atomic E-state index is 14.2. The number of pyridine rings is 1. The van der Waals surface area contributed by atoms with E-state index in [2.05, 4.69) is 4.98 Å². The summed E-state index contributed by atoms with van der Waals surface area (Å²) < 4.78 is 39.3. The summed E-state index contributed by atoms with van der Waals surface area (Å²) in [4.78, 5) is 4.02. The molecule has 1 fully saturated rings. The van der Waals surface area contributed by atoms with Gasteiger partial charge in [-0.05, 0) is 39.2 Å². The molecule has 0 aliphatic carbocycles. The fraction of sp³-hybridized carbons (Fsp3) is 0.400. The minimum Gasteiger partial charge on any atom is -0.399 e. The van der Waals surface area contributed by atoms with E-state index in [1.54, 1.807) is 6.07 Å². The number of benzene rings is 1.